The second kappa shape index (κ2) is 5.36. The number of nitrogens with one attached hydrogen (secondary N) is 1. The quantitative estimate of drug-likeness (QED) is 0.640. The van der Waals surface area contributed by atoms with Crippen LogP contribution in [0.2, 0.25) is 0 Å². The Kier molecular flexibility index (Phi) is 3.76. The van der Waals surface area contributed by atoms with E-state index in [2.05, 4.69) is 10.3 Å². The Balaban J connectivity index is 2.39. The van der Waals surface area contributed by atoms with Crippen molar-refractivity contribution in [1.82, 2.24) is 4.98 Å². The fraction of sp³-hybridized carbons (Fsp3) is 0.462. The van der Waals surface area contributed by atoms with Crippen LogP contribution in [0.25, 0.3) is 0 Å². The van der Waals surface area contributed by atoms with Crippen LogP contribution in [0.5, 0.6) is 0 Å². The summed E-state index contributed by atoms with van der Waals surface area (Å²) >= 11 is 0. The second-order valence-corrected chi connectivity index (χ2v) is 5.24. The van der Waals surface area contributed by atoms with E-state index < -0.39 is 28.0 Å². The SMILES string of the molecule is CC1(C(=O)O)CCCC1Nc1nccc(C#N)c1[N+](=O)[O-]. The molecule has 8 heteroatoms. The van der Waals surface area contributed by atoms with Gasteiger partial charge in [-0.2, -0.15) is 5.26 Å². The third-order valence-corrected chi connectivity index (χ3v) is 3.98. The lowest BCUT2D eigenvalue weighted by Crippen LogP contribution is -2.40. The number of pyridine rings is 1. The van der Waals surface area contributed by atoms with Gasteiger partial charge in [0.15, 0.2) is 0 Å². The summed E-state index contributed by atoms with van der Waals surface area (Å²) in [6.45, 7) is 1.61. The van der Waals surface area contributed by atoms with Crippen LogP contribution in [0.4, 0.5) is 11.5 Å². The predicted molar refractivity (Wildman–Crippen MR) is 72.6 cm³/mol. The van der Waals surface area contributed by atoms with Crippen molar-refractivity contribution in [3.8, 4) is 6.07 Å². The van der Waals surface area contributed by atoms with E-state index in [9.17, 15) is 20.0 Å². The largest absolute Gasteiger partial charge is 0.481 e. The van der Waals surface area contributed by atoms with Gasteiger partial charge in [-0.3, -0.25) is 14.9 Å². The van der Waals surface area contributed by atoms with Crippen LogP contribution in [0.1, 0.15) is 31.7 Å². The summed E-state index contributed by atoms with van der Waals surface area (Å²) in [6, 6.07) is 2.54. The van der Waals surface area contributed by atoms with Gasteiger partial charge in [0.2, 0.25) is 5.82 Å². The van der Waals surface area contributed by atoms with Crippen molar-refractivity contribution in [1.29, 1.82) is 5.26 Å². The van der Waals surface area contributed by atoms with Crippen molar-refractivity contribution < 1.29 is 14.8 Å². The summed E-state index contributed by atoms with van der Waals surface area (Å²) in [7, 11) is 0. The first kappa shape index (κ1) is 14.7. The molecule has 0 radical (unpaired) electrons. The lowest BCUT2D eigenvalue weighted by molar-refractivity contribution is -0.384. The van der Waals surface area contributed by atoms with Gasteiger partial charge in [0, 0.05) is 12.2 Å². The number of carbonyl (C=O) groups is 1. The molecule has 1 aliphatic rings. The molecule has 0 spiro atoms. The Bertz CT molecular complexity index is 640. The molecule has 1 saturated carbocycles. The van der Waals surface area contributed by atoms with Crippen LogP contribution >= 0.6 is 0 Å². The fourth-order valence-corrected chi connectivity index (χ4v) is 2.65. The van der Waals surface area contributed by atoms with E-state index >= 15 is 0 Å². The minimum absolute atomic E-state index is 0.0570. The first-order valence-corrected chi connectivity index (χ1v) is 6.43. The molecule has 0 aliphatic heterocycles. The molecule has 2 rings (SSSR count). The second-order valence-electron chi connectivity index (χ2n) is 5.24. The number of aromatic nitrogens is 1. The Labute approximate surface area is 120 Å². The summed E-state index contributed by atoms with van der Waals surface area (Å²) in [4.78, 5) is 25.8. The van der Waals surface area contributed by atoms with Gasteiger partial charge in [0.25, 0.3) is 0 Å². The van der Waals surface area contributed by atoms with Gasteiger partial charge in [-0.1, -0.05) is 6.42 Å². The van der Waals surface area contributed by atoms with E-state index in [-0.39, 0.29) is 11.4 Å². The molecule has 110 valence electrons. The highest BCUT2D eigenvalue weighted by Gasteiger charge is 2.46. The number of carboxylic acids is 1. The number of hydrogen-bond acceptors (Lipinski definition) is 6. The molecule has 1 aromatic rings. The molecule has 1 aromatic heterocycles. The molecule has 2 N–H and O–H groups in total. The van der Waals surface area contributed by atoms with E-state index in [0.717, 1.165) is 0 Å². The highest BCUT2D eigenvalue weighted by molar-refractivity contribution is 5.77. The molecule has 1 fully saturated rings. The third-order valence-electron chi connectivity index (χ3n) is 3.98. The topological polar surface area (TPSA) is 129 Å². The van der Waals surface area contributed by atoms with Crippen molar-refractivity contribution in [2.45, 2.75) is 32.2 Å². The van der Waals surface area contributed by atoms with Crippen LogP contribution in [-0.2, 0) is 4.79 Å². The predicted octanol–water partition coefficient (Wildman–Crippen LogP) is 1.92. The average molecular weight is 290 g/mol. The maximum Gasteiger partial charge on any atom is 0.328 e. The van der Waals surface area contributed by atoms with Crippen molar-refractivity contribution >= 4 is 17.5 Å². The van der Waals surface area contributed by atoms with Gasteiger partial charge in [-0.25, -0.2) is 4.98 Å². The number of anilines is 1. The Hall–Kier alpha value is -2.69. The Morgan fingerprint density at radius 2 is 2.43 bits per heavy atom. The molecule has 0 bridgehead atoms. The summed E-state index contributed by atoms with van der Waals surface area (Å²) in [5.74, 6) is -1.00. The molecule has 1 aliphatic carbocycles. The molecule has 0 saturated heterocycles. The van der Waals surface area contributed by atoms with E-state index in [0.29, 0.717) is 19.3 Å². The molecule has 8 nitrogen and oxygen atoms in total. The number of nitro groups is 1. The van der Waals surface area contributed by atoms with E-state index in [1.807, 2.05) is 0 Å². The van der Waals surface area contributed by atoms with E-state index in [4.69, 9.17) is 5.26 Å². The maximum atomic E-state index is 11.4. The van der Waals surface area contributed by atoms with Crippen molar-refractivity contribution in [2.75, 3.05) is 5.32 Å². The van der Waals surface area contributed by atoms with E-state index in [1.54, 1.807) is 13.0 Å². The van der Waals surface area contributed by atoms with Gasteiger partial charge in [0.05, 0.1) is 10.3 Å². The van der Waals surface area contributed by atoms with Crippen molar-refractivity contribution in [2.24, 2.45) is 5.41 Å². The van der Waals surface area contributed by atoms with Crippen molar-refractivity contribution in [3.05, 3.63) is 27.9 Å². The van der Waals surface area contributed by atoms with Crippen LogP contribution < -0.4 is 5.32 Å². The first-order valence-electron chi connectivity index (χ1n) is 6.43. The fourth-order valence-electron chi connectivity index (χ4n) is 2.65. The number of carboxylic acid groups (broad SMARTS) is 1. The van der Waals surface area contributed by atoms with Gasteiger partial charge in [-0.05, 0) is 25.8 Å². The molecule has 2 atom stereocenters. The van der Waals surface area contributed by atoms with Gasteiger partial charge < -0.3 is 10.4 Å². The number of rotatable bonds is 4. The third kappa shape index (κ3) is 2.50. The number of aliphatic carboxylic acids is 1. The van der Waals surface area contributed by atoms with Crippen LogP contribution in [0, 0.1) is 26.9 Å². The summed E-state index contributed by atoms with van der Waals surface area (Å²) in [6.07, 6.45) is 3.08. The lowest BCUT2D eigenvalue weighted by Gasteiger charge is -2.27. The van der Waals surface area contributed by atoms with Gasteiger partial charge in [-0.15, -0.1) is 0 Å². The van der Waals surface area contributed by atoms with Crippen LogP contribution in [0.3, 0.4) is 0 Å². The Morgan fingerprint density at radius 3 is 3.00 bits per heavy atom. The maximum absolute atomic E-state index is 11.4. The molecular formula is C13H14N4O4. The first-order chi connectivity index (χ1) is 9.90. The number of nitrogens with zero attached hydrogens (tertiary/aromatic N) is 3. The highest BCUT2D eigenvalue weighted by atomic mass is 16.6. The minimum atomic E-state index is -1.00. The monoisotopic (exact) mass is 290 g/mol. The average Bonchev–Trinajstić information content (AvgIpc) is 2.81. The van der Waals surface area contributed by atoms with Crippen LogP contribution in [0.15, 0.2) is 12.3 Å². The molecule has 0 amide bonds. The Morgan fingerprint density at radius 1 is 1.71 bits per heavy atom. The number of nitriles is 1. The zero-order valence-electron chi connectivity index (χ0n) is 11.4. The normalized spacial score (nSPS) is 24.3. The lowest BCUT2D eigenvalue weighted by atomic mass is 9.85. The van der Waals surface area contributed by atoms with Gasteiger partial charge >= 0.3 is 11.7 Å². The zero-order chi connectivity index (χ0) is 15.6. The van der Waals surface area contributed by atoms with E-state index in [1.165, 1.54) is 12.3 Å². The summed E-state index contributed by atoms with van der Waals surface area (Å²) in [5, 5.41) is 32.3. The zero-order valence-corrected chi connectivity index (χ0v) is 11.4. The van der Waals surface area contributed by atoms with Crippen LogP contribution in [-0.4, -0.2) is 27.0 Å². The standard InChI is InChI=1S/C13H14N4O4/c1-13(12(18)19)5-2-3-9(13)16-11-10(17(20)21)8(7-14)4-6-15-11/h4,6,9H,2-3,5H2,1H3,(H,15,16)(H,18,19). The molecular weight excluding hydrogens is 276 g/mol. The smallest absolute Gasteiger partial charge is 0.328 e. The molecule has 0 aromatic carbocycles. The minimum Gasteiger partial charge on any atom is -0.481 e. The number of hydrogen-bond donors (Lipinski definition) is 2. The molecule has 2 unspecified atom stereocenters. The van der Waals surface area contributed by atoms with Gasteiger partial charge in [0.1, 0.15) is 11.6 Å². The highest BCUT2D eigenvalue weighted by Crippen LogP contribution is 2.41. The van der Waals surface area contributed by atoms with Crippen molar-refractivity contribution in [3.63, 3.8) is 0 Å². The molecule has 21 heavy (non-hydrogen) atoms. The summed E-state index contributed by atoms with van der Waals surface area (Å²) in [5.41, 5.74) is -1.52. The summed E-state index contributed by atoms with van der Waals surface area (Å²) < 4.78 is 0. The molecule has 1 heterocycles.